The van der Waals surface area contributed by atoms with Crippen LogP contribution in [0.3, 0.4) is 0 Å². The topological polar surface area (TPSA) is 69.3 Å². The number of aromatic nitrogens is 2. The summed E-state index contributed by atoms with van der Waals surface area (Å²) in [4.78, 5) is 12.5. The summed E-state index contributed by atoms with van der Waals surface area (Å²) in [5.74, 6) is 1.35. The maximum Gasteiger partial charge on any atom is 0.292 e. The molecule has 0 aliphatic carbocycles. The standard InChI is InChI=1S/C22H16BrCl2N3O3/c23-16-4-1-2-7-19(16)30-13-14-8-9-20(31-14)22(29)26-21-10-11-28(27-21)12-15-17(24)5-3-6-18(15)25/h1-11H,12-13H2,(H,26,27,29). The molecule has 1 N–H and O–H groups in total. The van der Waals surface area contributed by atoms with E-state index in [0.29, 0.717) is 33.9 Å². The number of halogens is 3. The van der Waals surface area contributed by atoms with Crippen molar-refractivity contribution in [2.45, 2.75) is 13.2 Å². The molecule has 0 atom stereocenters. The first kappa shape index (κ1) is 21.5. The second kappa shape index (κ2) is 9.60. The minimum Gasteiger partial charge on any atom is -0.484 e. The van der Waals surface area contributed by atoms with Crippen LogP contribution >= 0.6 is 39.1 Å². The Morgan fingerprint density at radius 3 is 2.61 bits per heavy atom. The van der Waals surface area contributed by atoms with E-state index in [4.69, 9.17) is 32.4 Å². The first-order valence-electron chi connectivity index (χ1n) is 9.23. The molecule has 0 aliphatic heterocycles. The normalized spacial score (nSPS) is 10.8. The monoisotopic (exact) mass is 519 g/mol. The van der Waals surface area contributed by atoms with Crippen LogP contribution in [0.4, 0.5) is 5.82 Å². The van der Waals surface area contributed by atoms with E-state index in [1.54, 1.807) is 47.3 Å². The molecule has 1 amide bonds. The SMILES string of the molecule is O=C(Nc1ccn(Cc2c(Cl)cccc2Cl)n1)c1ccc(COc2ccccc2Br)o1. The number of nitrogens with one attached hydrogen (secondary N) is 1. The maximum atomic E-state index is 12.5. The molecule has 2 aromatic carbocycles. The molecular weight excluding hydrogens is 505 g/mol. The van der Waals surface area contributed by atoms with Crippen molar-refractivity contribution in [2.75, 3.05) is 5.32 Å². The number of anilines is 1. The molecule has 0 aliphatic rings. The summed E-state index contributed by atoms with van der Waals surface area (Å²) in [5, 5.41) is 8.17. The predicted molar refractivity (Wildman–Crippen MR) is 123 cm³/mol. The molecule has 4 aromatic rings. The number of carbonyl (C=O) groups is 1. The average molecular weight is 521 g/mol. The first-order valence-corrected chi connectivity index (χ1v) is 10.8. The highest BCUT2D eigenvalue weighted by atomic mass is 79.9. The van der Waals surface area contributed by atoms with Gasteiger partial charge in [0.25, 0.3) is 5.91 Å². The van der Waals surface area contributed by atoms with Crippen molar-refractivity contribution in [3.8, 4) is 5.75 Å². The van der Waals surface area contributed by atoms with Gasteiger partial charge in [-0.05, 0) is 52.3 Å². The third-order valence-corrected chi connectivity index (χ3v) is 5.72. The number of benzene rings is 2. The van der Waals surface area contributed by atoms with E-state index in [2.05, 4.69) is 26.3 Å². The second-order valence-corrected chi connectivity index (χ2v) is 8.21. The molecular formula is C22H16BrCl2N3O3. The average Bonchev–Trinajstić information content (AvgIpc) is 3.40. The molecule has 0 bridgehead atoms. The van der Waals surface area contributed by atoms with Crippen LogP contribution in [0.1, 0.15) is 21.9 Å². The van der Waals surface area contributed by atoms with Crippen molar-refractivity contribution in [3.63, 3.8) is 0 Å². The number of amides is 1. The number of rotatable bonds is 7. The van der Waals surface area contributed by atoms with E-state index >= 15 is 0 Å². The van der Waals surface area contributed by atoms with Crippen molar-refractivity contribution < 1.29 is 13.9 Å². The van der Waals surface area contributed by atoms with Crippen LogP contribution in [-0.2, 0) is 13.2 Å². The van der Waals surface area contributed by atoms with Crippen LogP contribution in [-0.4, -0.2) is 15.7 Å². The minimum atomic E-state index is -0.409. The molecule has 0 saturated heterocycles. The molecule has 31 heavy (non-hydrogen) atoms. The van der Waals surface area contributed by atoms with E-state index in [0.717, 1.165) is 10.0 Å². The largest absolute Gasteiger partial charge is 0.484 e. The highest BCUT2D eigenvalue weighted by molar-refractivity contribution is 9.10. The van der Waals surface area contributed by atoms with Crippen LogP contribution in [0.15, 0.2) is 75.8 Å². The van der Waals surface area contributed by atoms with E-state index in [1.165, 1.54) is 0 Å². The zero-order valence-corrected chi connectivity index (χ0v) is 19.1. The lowest BCUT2D eigenvalue weighted by Gasteiger charge is -2.07. The molecule has 0 radical (unpaired) electrons. The summed E-state index contributed by atoms with van der Waals surface area (Å²) in [5.41, 5.74) is 0.757. The summed E-state index contributed by atoms with van der Waals surface area (Å²) in [6.45, 7) is 0.578. The van der Waals surface area contributed by atoms with Gasteiger partial charge in [0.15, 0.2) is 11.6 Å². The van der Waals surface area contributed by atoms with Crippen LogP contribution in [0.25, 0.3) is 0 Å². The Morgan fingerprint density at radius 1 is 1.06 bits per heavy atom. The number of para-hydroxylation sites is 1. The van der Waals surface area contributed by atoms with Crippen LogP contribution in [0.5, 0.6) is 5.75 Å². The fourth-order valence-corrected chi connectivity index (χ4v) is 3.74. The molecule has 6 nitrogen and oxygen atoms in total. The predicted octanol–water partition coefficient (Wildman–Crippen LogP) is 6.43. The van der Waals surface area contributed by atoms with Crippen LogP contribution < -0.4 is 10.1 Å². The summed E-state index contributed by atoms with van der Waals surface area (Å²) in [6.07, 6.45) is 1.73. The zero-order valence-electron chi connectivity index (χ0n) is 16.0. The number of furan rings is 1. The Kier molecular flexibility index (Phi) is 6.65. The second-order valence-electron chi connectivity index (χ2n) is 6.54. The highest BCUT2D eigenvalue weighted by Gasteiger charge is 2.14. The van der Waals surface area contributed by atoms with Gasteiger partial charge in [-0.25, -0.2) is 0 Å². The summed E-state index contributed by atoms with van der Waals surface area (Å²) in [7, 11) is 0. The number of hydrogen-bond acceptors (Lipinski definition) is 4. The fourth-order valence-electron chi connectivity index (χ4n) is 2.83. The summed E-state index contributed by atoms with van der Waals surface area (Å²) in [6, 6.07) is 17.8. The lowest BCUT2D eigenvalue weighted by atomic mass is 10.2. The maximum absolute atomic E-state index is 12.5. The van der Waals surface area contributed by atoms with Crippen LogP contribution in [0.2, 0.25) is 10.0 Å². The van der Waals surface area contributed by atoms with E-state index in [1.807, 2.05) is 24.3 Å². The lowest BCUT2D eigenvalue weighted by molar-refractivity contribution is 0.0992. The summed E-state index contributed by atoms with van der Waals surface area (Å²) >= 11 is 15.8. The van der Waals surface area contributed by atoms with E-state index in [-0.39, 0.29) is 12.4 Å². The quantitative estimate of drug-likeness (QED) is 0.305. The molecule has 0 fully saturated rings. The third-order valence-electron chi connectivity index (χ3n) is 4.36. The Balaban J connectivity index is 1.36. The van der Waals surface area contributed by atoms with Crippen molar-refractivity contribution in [2.24, 2.45) is 0 Å². The number of nitrogens with zero attached hydrogens (tertiary/aromatic N) is 2. The third kappa shape index (κ3) is 5.31. The Labute approximate surface area is 196 Å². The Hall–Kier alpha value is -2.74. The molecule has 0 saturated carbocycles. The number of carbonyl (C=O) groups excluding carboxylic acids is 1. The van der Waals surface area contributed by atoms with Crippen LogP contribution in [0, 0.1) is 0 Å². The highest BCUT2D eigenvalue weighted by Crippen LogP contribution is 2.26. The van der Waals surface area contributed by atoms with Crippen molar-refractivity contribution in [1.29, 1.82) is 0 Å². The lowest BCUT2D eigenvalue weighted by Crippen LogP contribution is -2.12. The number of hydrogen-bond donors (Lipinski definition) is 1. The molecule has 0 spiro atoms. The van der Waals surface area contributed by atoms with Crippen molar-refractivity contribution >= 4 is 50.9 Å². The minimum absolute atomic E-state index is 0.162. The molecule has 0 unspecified atom stereocenters. The smallest absolute Gasteiger partial charge is 0.292 e. The first-order chi connectivity index (χ1) is 15.0. The molecule has 2 heterocycles. The van der Waals surface area contributed by atoms with Gasteiger partial charge in [-0.3, -0.25) is 9.48 Å². The molecule has 158 valence electrons. The van der Waals surface area contributed by atoms with Gasteiger partial charge < -0.3 is 14.5 Å². The van der Waals surface area contributed by atoms with Gasteiger partial charge in [-0.15, -0.1) is 0 Å². The van der Waals surface area contributed by atoms with Gasteiger partial charge in [0, 0.05) is 27.9 Å². The molecule has 2 aromatic heterocycles. The molecule has 4 rings (SSSR count). The zero-order chi connectivity index (χ0) is 21.8. The van der Waals surface area contributed by atoms with Gasteiger partial charge >= 0.3 is 0 Å². The summed E-state index contributed by atoms with van der Waals surface area (Å²) < 4.78 is 13.8. The van der Waals surface area contributed by atoms with Crippen molar-refractivity contribution in [3.05, 3.63) is 98.5 Å². The number of ether oxygens (including phenoxy) is 1. The molecule has 9 heteroatoms. The van der Waals surface area contributed by atoms with E-state index < -0.39 is 5.91 Å². The van der Waals surface area contributed by atoms with E-state index in [9.17, 15) is 4.79 Å². The van der Waals surface area contributed by atoms with Gasteiger partial charge in [0.1, 0.15) is 18.1 Å². The van der Waals surface area contributed by atoms with Gasteiger partial charge in [0.2, 0.25) is 0 Å². The Bertz CT molecular complexity index is 1200. The van der Waals surface area contributed by atoms with Gasteiger partial charge in [-0.2, -0.15) is 5.10 Å². The van der Waals surface area contributed by atoms with Gasteiger partial charge in [0.05, 0.1) is 11.0 Å². The Morgan fingerprint density at radius 2 is 1.84 bits per heavy atom. The fraction of sp³-hybridized carbons (Fsp3) is 0.0909. The van der Waals surface area contributed by atoms with Crippen molar-refractivity contribution in [1.82, 2.24) is 9.78 Å². The van der Waals surface area contributed by atoms with Gasteiger partial charge in [-0.1, -0.05) is 41.4 Å².